The molecule has 1 aromatic heterocycles. The molecule has 0 spiro atoms. The average molecular weight is 455 g/mol. The van der Waals surface area contributed by atoms with Crippen molar-refractivity contribution >= 4 is 33.2 Å². The number of Topliss-reactive ketones (excluding diaryl/α,β-unsaturated/α-hetero) is 1. The monoisotopic (exact) mass is 454 g/mol. The summed E-state index contributed by atoms with van der Waals surface area (Å²) in [6.45, 7) is 3.49. The van der Waals surface area contributed by atoms with Crippen molar-refractivity contribution in [2.45, 2.75) is 58.2 Å². The number of thiophene rings is 1. The summed E-state index contributed by atoms with van der Waals surface area (Å²) in [5.74, 6) is 4.20. The van der Waals surface area contributed by atoms with E-state index in [0.29, 0.717) is 25.7 Å². The predicted octanol–water partition coefficient (Wildman–Crippen LogP) is 4.21. The van der Waals surface area contributed by atoms with E-state index in [2.05, 4.69) is 24.0 Å². The van der Waals surface area contributed by atoms with Gasteiger partial charge in [0.25, 0.3) is 0 Å². The summed E-state index contributed by atoms with van der Waals surface area (Å²) < 4.78 is 1.18. The van der Waals surface area contributed by atoms with E-state index in [0.717, 1.165) is 10.3 Å². The molecule has 1 saturated carbocycles. The molecule has 1 aliphatic rings. The number of aliphatic hydroxyl groups is 2. The Bertz CT molecular complexity index is 1020. The van der Waals surface area contributed by atoms with E-state index < -0.39 is 35.4 Å². The number of carbonyl (C=O) groups excluding carboxylic acids is 1. The summed E-state index contributed by atoms with van der Waals surface area (Å²) in [6.07, 6.45) is 3.70. The summed E-state index contributed by atoms with van der Waals surface area (Å²) in [5, 5.41) is 31.2. The minimum absolute atomic E-state index is 0.0292. The maximum absolute atomic E-state index is 12.9. The fourth-order valence-electron chi connectivity index (χ4n) is 4.23. The standard InChI is InChI=1S/C26H30O5S/c1-26(2)24(30)20(10-5-3-4-6-12-23(28)29)21(25(26)31)14-13-18(27)16-19-15-17-9-7-8-11-22(17)32-19/h7-9,11,13-15,18,20-21,25,27,31H,4,6,10,12,16H2,1-2H3,(H,28,29)/t18?,20-,21+,25+/m1/s1. The number of carboxylic acids is 1. The SMILES string of the molecule is CC1(C)C(=O)[C@H](CC#CCCCC(=O)O)[C@H](C=CC(O)Cc2cc3ccccc3s2)[C@@H]1O. The molecule has 1 fully saturated rings. The van der Waals surface area contributed by atoms with Crippen molar-refractivity contribution in [3.63, 3.8) is 0 Å². The lowest BCUT2D eigenvalue weighted by Crippen LogP contribution is -2.31. The van der Waals surface area contributed by atoms with E-state index in [1.165, 1.54) is 4.70 Å². The molecule has 1 heterocycles. The number of carbonyl (C=O) groups is 2. The second-order valence-electron chi connectivity index (χ2n) is 8.93. The van der Waals surface area contributed by atoms with E-state index in [1.54, 1.807) is 37.3 Å². The Morgan fingerprint density at radius 3 is 2.75 bits per heavy atom. The molecule has 170 valence electrons. The first-order valence-corrected chi connectivity index (χ1v) is 11.8. The first-order valence-electron chi connectivity index (χ1n) is 10.9. The van der Waals surface area contributed by atoms with Crippen molar-refractivity contribution in [3.05, 3.63) is 47.4 Å². The summed E-state index contributed by atoms with van der Waals surface area (Å²) in [6, 6.07) is 10.2. The lowest BCUT2D eigenvalue weighted by atomic mass is 9.86. The molecule has 0 aliphatic heterocycles. The van der Waals surface area contributed by atoms with Gasteiger partial charge in [-0.05, 0) is 23.9 Å². The summed E-state index contributed by atoms with van der Waals surface area (Å²) >= 11 is 1.65. The summed E-state index contributed by atoms with van der Waals surface area (Å²) in [5.41, 5.74) is -0.874. The molecular formula is C26H30O5S. The van der Waals surface area contributed by atoms with Crippen LogP contribution < -0.4 is 0 Å². The van der Waals surface area contributed by atoms with Gasteiger partial charge in [0.15, 0.2) is 0 Å². The third-order valence-corrected chi connectivity index (χ3v) is 7.26. The Morgan fingerprint density at radius 1 is 1.28 bits per heavy atom. The molecule has 2 aromatic rings. The molecule has 0 amide bonds. The highest BCUT2D eigenvalue weighted by Gasteiger charge is 2.53. The van der Waals surface area contributed by atoms with Gasteiger partial charge >= 0.3 is 5.97 Å². The Hall–Kier alpha value is -2.46. The van der Waals surface area contributed by atoms with Crippen molar-refractivity contribution in [1.29, 1.82) is 0 Å². The maximum atomic E-state index is 12.9. The Morgan fingerprint density at radius 2 is 2.03 bits per heavy atom. The largest absolute Gasteiger partial charge is 0.481 e. The van der Waals surface area contributed by atoms with E-state index in [9.17, 15) is 19.8 Å². The van der Waals surface area contributed by atoms with Crippen molar-refractivity contribution in [2.75, 3.05) is 0 Å². The van der Waals surface area contributed by atoms with E-state index in [-0.39, 0.29) is 12.2 Å². The van der Waals surface area contributed by atoms with Crippen molar-refractivity contribution < 1.29 is 24.9 Å². The van der Waals surface area contributed by atoms with Crippen LogP contribution in [-0.2, 0) is 16.0 Å². The summed E-state index contributed by atoms with van der Waals surface area (Å²) in [7, 11) is 0. The number of benzene rings is 1. The number of aliphatic carboxylic acids is 1. The average Bonchev–Trinajstić information content (AvgIpc) is 3.21. The number of hydrogen-bond donors (Lipinski definition) is 3. The van der Waals surface area contributed by atoms with Gasteiger partial charge in [-0.15, -0.1) is 23.2 Å². The van der Waals surface area contributed by atoms with Crippen LogP contribution in [0, 0.1) is 29.1 Å². The van der Waals surface area contributed by atoms with Crippen LogP contribution in [0.5, 0.6) is 0 Å². The van der Waals surface area contributed by atoms with E-state index in [1.807, 2.05) is 18.2 Å². The minimum Gasteiger partial charge on any atom is -0.481 e. The minimum atomic E-state index is -0.874. The van der Waals surface area contributed by atoms with Crippen molar-refractivity contribution in [3.8, 4) is 11.8 Å². The lowest BCUT2D eigenvalue weighted by molar-refractivity contribution is -0.137. The summed E-state index contributed by atoms with van der Waals surface area (Å²) in [4.78, 5) is 24.5. The number of aliphatic hydroxyl groups excluding tert-OH is 2. The van der Waals surface area contributed by atoms with Crippen LogP contribution in [0.1, 0.15) is 44.4 Å². The Kier molecular flexibility index (Phi) is 7.89. The third kappa shape index (κ3) is 5.66. The molecule has 32 heavy (non-hydrogen) atoms. The smallest absolute Gasteiger partial charge is 0.303 e. The molecule has 0 saturated heterocycles. The van der Waals surface area contributed by atoms with Gasteiger partial charge in [0.2, 0.25) is 0 Å². The van der Waals surface area contributed by atoms with Crippen LogP contribution in [0.2, 0.25) is 0 Å². The molecule has 1 unspecified atom stereocenters. The Labute approximate surface area is 192 Å². The molecule has 3 N–H and O–H groups in total. The highest BCUT2D eigenvalue weighted by atomic mass is 32.1. The van der Waals surface area contributed by atoms with E-state index in [4.69, 9.17) is 5.11 Å². The number of fused-ring (bicyclic) bond motifs is 1. The van der Waals surface area contributed by atoms with Crippen LogP contribution >= 0.6 is 11.3 Å². The molecule has 0 radical (unpaired) electrons. The first-order chi connectivity index (χ1) is 15.2. The van der Waals surface area contributed by atoms with E-state index >= 15 is 0 Å². The second kappa shape index (κ2) is 10.4. The zero-order valence-electron chi connectivity index (χ0n) is 18.5. The van der Waals surface area contributed by atoms with Crippen LogP contribution in [0.4, 0.5) is 0 Å². The zero-order valence-corrected chi connectivity index (χ0v) is 19.3. The van der Waals surface area contributed by atoms with Crippen LogP contribution in [0.15, 0.2) is 42.5 Å². The lowest BCUT2D eigenvalue weighted by Gasteiger charge is -2.22. The zero-order chi connectivity index (χ0) is 23.3. The highest BCUT2D eigenvalue weighted by Crippen LogP contribution is 2.44. The maximum Gasteiger partial charge on any atom is 0.303 e. The third-order valence-electron chi connectivity index (χ3n) is 6.12. The number of unbranched alkanes of at least 4 members (excludes halogenated alkanes) is 1. The highest BCUT2D eigenvalue weighted by molar-refractivity contribution is 7.19. The Balaban J connectivity index is 1.65. The fourth-order valence-corrected chi connectivity index (χ4v) is 5.35. The van der Waals surface area contributed by atoms with Gasteiger partial charge in [0.1, 0.15) is 5.78 Å². The quantitative estimate of drug-likeness (QED) is 0.316. The molecule has 1 aromatic carbocycles. The number of carboxylic acid groups (broad SMARTS) is 1. The number of hydrogen-bond acceptors (Lipinski definition) is 5. The van der Waals surface area contributed by atoms with Crippen molar-refractivity contribution in [1.82, 2.24) is 0 Å². The normalized spacial score (nSPS) is 23.4. The van der Waals surface area contributed by atoms with Gasteiger partial charge in [-0.3, -0.25) is 9.59 Å². The molecule has 0 bridgehead atoms. The van der Waals surface area contributed by atoms with Crippen LogP contribution in [0.3, 0.4) is 0 Å². The second-order valence-corrected chi connectivity index (χ2v) is 10.1. The van der Waals surface area contributed by atoms with Gasteiger partial charge in [-0.1, -0.05) is 44.2 Å². The topological polar surface area (TPSA) is 94.8 Å². The van der Waals surface area contributed by atoms with Gasteiger partial charge in [0, 0.05) is 47.1 Å². The number of ketones is 1. The van der Waals surface area contributed by atoms with Gasteiger partial charge in [0.05, 0.1) is 17.6 Å². The van der Waals surface area contributed by atoms with Gasteiger partial charge in [-0.2, -0.15) is 0 Å². The molecule has 5 nitrogen and oxygen atoms in total. The molecule has 1 aliphatic carbocycles. The molecule has 6 heteroatoms. The molecular weight excluding hydrogens is 424 g/mol. The van der Waals surface area contributed by atoms with Crippen molar-refractivity contribution in [2.24, 2.45) is 17.3 Å². The first kappa shape index (κ1) is 24.2. The van der Waals surface area contributed by atoms with Crippen LogP contribution in [-0.4, -0.2) is 39.3 Å². The number of rotatable bonds is 8. The fraction of sp³-hybridized carbons (Fsp3) is 0.462. The van der Waals surface area contributed by atoms with Gasteiger partial charge < -0.3 is 15.3 Å². The van der Waals surface area contributed by atoms with Crippen LogP contribution in [0.25, 0.3) is 10.1 Å². The van der Waals surface area contributed by atoms with Gasteiger partial charge in [-0.25, -0.2) is 0 Å². The molecule has 3 rings (SSSR count). The predicted molar refractivity (Wildman–Crippen MR) is 126 cm³/mol. The molecule has 4 atom stereocenters.